The first kappa shape index (κ1) is 25.7. The van der Waals surface area contributed by atoms with Crippen LogP contribution in [0.5, 0.6) is 0 Å². The molecule has 0 spiro atoms. The molecule has 0 unspecified atom stereocenters. The zero-order valence-electron chi connectivity index (χ0n) is 25.2. The molecule has 10 aromatic rings. The van der Waals surface area contributed by atoms with Gasteiger partial charge in [0, 0.05) is 53.1 Å². The molecular weight excluding hydrogens is 577 g/mol. The fraction of sp³-hybridized carbons (Fsp3) is 0.0233. The van der Waals surface area contributed by atoms with Crippen LogP contribution in [0.25, 0.3) is 86.3 Å². The predicted octanol–water partition coefficient (Wildman–Crippen LogP) is 12.2. The summed E-state index contributed by atoms with van der Waals surface area (Å²) >= 11 is 1.87. The number of aromatic nitrogens is 2. The highest BCUT2D eigenvalue weighted by Crippen LogP contribution is 2.40. The molecule has 0 aliphatic heterocycles. The highest BCUT2D eigenvalue weighted by atomic mass is 32.1. The van der Waals surface area contributed by atoms with Gasteiger partial charge in [-0.25, -0.2) is 0 Å². The number of hydrogen-bond donors (Lipinski definition) is 0. The number of para-hydroxylation sites is 3. The Hall–Kier alpha value is -5.64. The van der Waals surface area contributed by atoms with E-state index in [0.717, 1.165) is 0 Å². The number of thiophene rings is 1. The molecule has 0 aliphatic carbocycles. The lowest BCUT2D eigenvalue weighted by Crippen LogP contribution is -1.94. The van der Waals surface area contributed by atoms with Crippen LogP contribution in [0.1, 0.15) is 5.56 Å². The predicted molar refractivity (Wildman–Crippen MR) is 198 cm³/mol. The van der Waals surface area contributed by atoms with Crippen LogP contribution in [0.15, 0.2) is 152 Å². The lowest BCUT2D eigenvalue weighted by atomic mass is 10.0. The minimum absolute atomic E-state index is 1.18. The summed E-state index contributed by atoms with van der Waals surface area (Å²) in [5, 5.41) is 7.76. The van der Waals surface area contributed by atoms with Crippen LogP contribution in [0.2, 0.25) is 0 Å². The van der Waals surface area contributed by atoms with Crippen molar-refractivity contribution in [2.45, 2.75) is 6.92 Å². The first-order valence-corrected chi connectivity index (χ1v) is 16.6. The largest absolute Gasteiger partial charge is 0.309 e. The maximum absolute atomic E-state index is 2.42. The van der Waals surface area contributed by atoms with Gasteiger partial charge in [-0.1, -0.05) is 84.4 Å². The topological polar surface area (TPSA) is 9.86 Å². The van der Waals surface area contributed by atoms with Crippen LogP contribution in [-0.4, -0.2) is 9.13 Å². The first-order chi connectivity index (χ1) is 22.7. The smallest absolute Gasteiger partial charge is 0.0541 e. The highest BCUT2D eigenvalue weighted by molar-refractivity contribution is 7.25. The Bertz CT molecular complexity index is 2770. The van der Waals surface area contributed by atoms with Crippen molar-refractivity contribution >= 4 is 75.1 Å². The van der Waals surface area contributed by atoms with Crippen molar-refractivity contribution in [1.29, 1.82) is 0 Å². The van der Waals surface area contributed by atoms with E-state index in [1.807, 2.05) is 11.3 Å². The summed E-state index contributed by atoms with van der Waals surface area (Å²) in [5.41, 5.74) is 11.0. The van der Waals surface area contributed by atoms with Gasteiger partial charge in [0.15, 0.2) is 0 Å². The summed E-state index contributed by atoms with van der Waals surface area (Å²) in [5.74, 6) is 0. The van der Waals surface area contributed by atoms with Crippen molar-refractivity contribution in [3.63, 3.8) is 0 Å². The molecule has 7 aromatic carbocycles. The van der Waals surface area contributed by atoms with Crippen molar-refractivity contribution < 1.29 is 0 Å². The van der Waals surface area contributed by atoms with Gasteiger partial charge in [0.05, 0.1) is 22.1 Å². The zero-order chi connectivity index (χ0) is 30.4. The average molecular weight is 605 g/mol. The summed E-state index contributed by atoms with van der Waals surface area (Å²) in [6, 6.07) is 55.9. The molecule has 0 radical (unpaired) electrons. The van der Waals surface area contributed by atoms with Gasteiger partial charge in [0.25, 0.3) is 0 Å². The SMILES string of the molecule is Cc1ccc2c(c1)c1ccccc1n2-c1ccc2sc3ccc(-c4cccc(-n5c6ccccc6c6ccccc65)c4)cc3c2c1. The normalized spacial score (nSPS) is 12.0. The van der Waals surface area contributed by atoms with Crippen LogP contribution < -0.4 is 0 Å². The third-order valence-electron chi connectivity index (χ3n) is 9.56. The molecule has 0 atom stereocenters. The first-order valence-electron chi connectivity index (χ1n) is 15.8. The molecule has 0 bridgehead atoms. The van der Waals surface area contributed by atoms with Gasteiger partial charge in [0.1, 0.15) is 0 Å². The Kier molecular flexibility index (Phi) is 5.40. The number of fused-ring (bicyclic) bond motifs is 9. The highest BCUT2D eigenvalue weighted by Gasteiger charge is 2.15. The van der Waals surface area contributed by atoms with Gasteiger partial charge in [-0.2, -0.15) is 0 Å². The summed E-state index contributed by atoms with van der Waals surface area (Å²) in [6.07, 6.45) is 0. The molecule has 0 N–H and O–H groups in total. The molecule has 2 nitrogen and oxygen atoms in total. The average Bonchev–Trinajstić information content (AvgIpc) is 3.75. The van der Waals surface area contributed by atoms with E-state index in [4.69, 9.17) is 0 Å². The van der Waals surface area contributed by atoms with Crippen LogP contribution >= 0.6 is 11.3 Å². The molecular formula is C43H28N2S. The standard InChI is InChI=1S/C43H28N2S/c1-27-17-20-41-35(23-27)34-13-4-7-16-40(34)45(41)31-19-22-43-37(26-31)36-25-29(18-21-42(36)46-43)28-9-8-10-30(24-28)44-38-14-5-2-11-32(38)33-12-3-6-15-39(33)44/h2-26H,1H3. The van der Waals surface area contributed by atoms with E-state index in [1.165, 1.54) is 91.8 Å². The molecule has 3 heteroatoms. The van der Waals surface area contributed by atoms with E-state index in [0.29, 0.717) is 0 Å². The summed E-state index contributed by atoms with van der Waals surface area (Å²) in [6.45, 7) is 2.17. The van der Waals surface area contributed by atoms with Crippen molar-refractivity contribution in [1.82, 2.24) is 9.13 Å². The fourth-order valence-corrected chi connectivity index (χ4v) is 8.54. The second-order valence-corrected chi connectivity index (χ2v) is 13.4. The van der Waals surface area contributed by atoms with E-state index in [1.54, 1.807) is 0 Å². The maximum Gasteiger partial charge on any atom is 0.0541 e. The molecule has 10 rings (SSSR count). The van der Waals surface area contributed by atoms with Gasteiger partial charge in [-0.15, -0.1) is 11.3 Å². The van der Waals surface area contributed by atoms with Crippen molar-refractivity contribution in [3.05, 3.63) is 157 Å². The molecule has 0 amide bonds. The third kappa shape index (κ3) is 3.70. The van der Waals surface area contributed by atoms with Crippen molar-refractivity contribution in [2.24, 2.45) is 0 Å². The molecule has 3 aromatic heterocycles. The number of benzene rings is 7. The van der Waals surface area contributed by atoms with Crippen molar-refractivity contribution in [3.8, 4) is 22.5 Å². The molecule has 0 saturated carbocycles. The minimum atomic E-state index is 1.18. The molecule has 3 heterocycles. The monoisotopic (exact) mass is 604 g/mol. The van der Waals surface area contributed by atoms with Crippen LogP contribution in [0, 0.1) is 6.92 Å². The van der Waals surface area contributed by atoms with Gasteiger partial charge < -0.3 is 9.13 Å². The van der Waals surface area contributed by atoms with E-state index < -0.39 is 0 Å². The third-order valence-corrected chi connectivity index (χ3v) is 10.7. The molecule has 216 valence electrons. The van der Waals surface area contributed by atoms with Gasteiger partial charge in [0.2, 0.25) is 0 Å². The van der Waals surface area contributed by atoms with E-state index in [-0.39, 0.29) is 0 Å². The summed E-state index contributed by atoms with van der Waals surface area (Å²) in [4.78, 5) is 0. The Balaban J connectivity index is 1.15. The number of nitrogens with zero attached hydrogens (tertiary/aromatic N) is 2. The van der Waals surface area contributed by atoms with E-state index in [2.05, 4.69) is 168 Å². The second kappa shape index (κ2) is 9.68. The van der Waals surface area contributed by atoms with E-state index in [9.17, 15) is 0 Å². The Morgan fingerprint density at radius 2 is 0.913 bits per heavy atom. The zero-order valence-corrected chi connectivity index (χ0v) is 26.1. The summed E-state index contributed by atoms with van der Waals surface area (Å²) < 4.78 is 7.44. The second-order valence-electron chi connectivity index (χ2n) is 12.3. The van der Waals surface area contributed by atoms with E-state index >= 15 is 0 Å². The van der Waals surface area contributed by atoms with Gasteiger partial charge in [-0.3, -0.25) is 0 Å². The maximum atomic E-state index is 2.42. The minimum Gasteiger partial charge on any atom is -0.309 e. The van der Waals surface area contributed by atoms with Gasteiger partial charge >= 0.3 is 0 Å². The lowest BCUT2D eigenvalue weighted by molar-refractivity contribution is 1.18. The fourth-order valence-electron chi connectivity index (χ4n) is 7.47. The van der Waals surface area contributed by atoms with Crippen molar-refractivity contribution in [2.75, 3.05) is 0 Å². The lowest BCUT2D eigenvalue weighted by Gasteiger charge is -2.11. The van der Waals surface area contributed by atoms with Crippen LogP contribution in [0.3, 0.4) is 0 Å². The molecule has 0 fully saturated rings. The Morgan fingerprint density at radius 1 is 0.370 bits per heavy atom. The molecule has 0 aliphatic rings. The van der Waals surface area contributed by atoms with Crippen LogP contribution in [0.4, 0.5) is 0 Å². The molecule has 46 heavy (non-hydrogen) atoms. The quantitative estimate of drug-likeness (QED) is 0.190. The Labute approximate surface area is 270 Å². The van der Waals surface area contributed by atoms with Gasteiger partial charge in [-0.05, 0) is 90.8 Å². The Morgan fingerprint density at radius 3 is 1.61 bits per heavy atom. The number of rotatable bonds is 3. The van der Waals surface area contributed by atoms with Crippen LogP contribution in [-0.2, 0) is 0 Å². The molecule has 0 saturated heterocycles. The number of aryl methyl sites for hydroxylation is 1. The summed E-state index contributed by atoms with van der Waals surface area (Å²) in [7, 11) is 0. The number of hydrogen-bond acceptors (Lipinski definition) is 1.